The summed E-state index contributed by atoms with van der Waals surface area (Å²) < 4.78 is 43.1. The van der Waals surface area contributed by atoms with Crippen LogP contribution in [0.3, 0.4) is 0 Å². The fraction of sp³-hybridized carbons (Fsp3) is 0.714. The van der Waals surface area contributed by atoms with Crippen LogP contribution in [0.2, 0.25) is 0 Å². The Hall–Kier alpha value is -1.57. The van der Waals surface area contributed by atoms with Crippen molar-refractivity contribution in [1.29, 1.82) is 0 Å². The van der Waals surface area contributed by atoms with Crippen molar-refractivity contribution in [2.75, 3.05) is 6.54 Å². The SMILES string of the molecule is CCC1=CCNC(C(=O)C(F)(F)F)C1NC(=O)OC(C)(C)C. The third-order valence-corrected chi connectivity index (χ3v) is 3.08. The normalized spacial score (nSPS) is 22.8. The summed E-state index contributed by atoms with van der Waals surface area (Å²) in [4.78, 5) is 23.4. The fourth-order valence-corrected chi connectivity index (χ4v) is 2.17. The van der Waals surface area contributed by atoms with Crippen LogP contribution in [0.5, 0.6) is 0 Å². The van der Waals surface area contributed by atoms with Crippen molar-refractivity contribution in [2.24, 2.45) is 0 Å². The number of Topliss-reactive ketones (excluding diaryl/α,β-unsaturated/α-hetero) is 1. The minimum Gasteiger partial charge on any atom is -0.444 e. The zero-order valence-corrected chi connectivity index (χ0v) is 13.0. The molecule has 0 aromatic rings. The van der Waals surface area contributed by atoms with Crippen LogP contribution in [0.1, 0.15) is 34.1 Å². The second-order valence-corrected chi connectivity index (χ2v) is 6.00. The lowest BCUT2D eigenvalue weighted by atomic mass is 9.91. The fourth-order valence-electron chi connectivity index (χ4n) is 2.17. The van der Waals surface area contributed by atoms with Gasteiger partial charge in [-0.3, -0.25) is 4.79 Å². The molecule has 0 bridgehead atoms. The first-order valence-electron chi connectivity index (χ1n) is 6.98. The van der Waals surface area contributed by atoms with Crippen molar-refractivity contribution in [3.05, 3.63) is 11.6 Å². The maximum atomic E-state index is 12.7. The predicted molar refractivity (Wildman–Crippen MR) is 74.4 cm³/mol. The number of hydrogen-bond acceptors (Lipinski definition) is 4. The van der Waals surface area contributed by atoms with Gasteiger partial charge in [0.1, 0.15) is 11.6 Å². The molecule has 0 radical (unpaired) electrons. The minimum atomic E-state index is -4.97. The lowest BCUT2D eigenvalue weighted by Crippen LogP contribution is -2.60. The standard InChI is InChI=1S/C14H21F3N2O3/c1-5-8-6-7-18-10(11(20)14(15,16)17)9(8)19-12(21)22-13(2,3)4/h6,9-10,18H,5,7H2,1-4H3,(H,19,21). The molecule has 1 heterocycles. The molecule has 5 nitrogen and oxygen atoms in total. The Morgan fingerprint density at radius 2 is 1.95 bits per heavy atom. The molecular formula is C14H21F3N2O3. The highest BCUT2D eigenvalue weighted by atomic mass is 19.4. The van der Waals surface area contributed by atoms with Gasteiger partial charge in [0, 0.05) is 6.54 Å². The number of carbonyl (C=O) groups excluding carboxylic acids is 2. The highest BCUT2D eigenvalue weighted by Gasteiger charge is 2.47. The van der Waals surface area contributed by atoms with Crippen molar-refractivity contribution in [2.45, 2.75) is 58.0 Å². The maximum absolute atomic E-state index is 12.7. The first kappa shape index (κ1) is 18.5. The van der Waals surface area contributed by atoms with Crippen LogP contribution in [0.15, 0.2) is 11.6 Å². The van der Waals surface area contributed by atoms with E-state index in [-0.39, 0.29) is 6.54 Å². The molecule has 0 saturated heterocycles. The number of nitrogens with one attached hydrogen (secondary N) is 2. The van der Waals surface area contributed by atoms with Crippen molar-refractivity contribution >= 4 is 11.9 Å². The number of rotatable bonds is 3. The molecule has 0 saturated carbocycles. The average Bonchev–Trinajstić information content (AvgIpc) is 2.34. The molecular weight excluding hydrogens is 301 g/mol. The lowest BCUT2D eigenvalue weighted by Gasteiger charge is -2.33. The summed E-state index contributed by atoms with van der Waals surface area (Å²) in [5.74, 6) is -1.91. The van der Waals surface area contributed by atoms with Gasteiger partial charge in [-0.05, 0) is 32.8 Å². The molecule has 1 rings (SSSR count). The van der Waals surface area contributed by atoms with E-state index >= 15 is 0 Å². The molecule has 0 spiro atoms. The number of ketones is 1. The van der Waals surface area contributed by atoms with Crippen LogP contribution in [0.4, 0.5) is 18.0 Å². The predicted octanol–water partition coefficient (Wildman–Crippen LogP) is 2.32. The van der Waals surface area contributed by atoms with E-state index in [0.717, 1.165) is 0 Å². The monoisotopic (exact) mass is 322 g/mol. The summed E-state index contributed by atoms with van der Waals surface area (Å²) in [6, 6.07) is -2.63. The number of amides is 1. The molecule has 2 atom stereocenters. The van der Waals surface area contributed by atoms with Gasteiger partial charge in [-0.15, -0.1) is 0 Å². The Morgan fingerprint density at radius 3 is 2.41 bits per heavy atom. The number of hydrogen-bond donors (Lipinski definition) is 2. The van der Waals surface area contributed by atoms with E-state index in [4.69, 9.17) is 4.74 Å². The van der Waals surface area contributed by atoms with Crippen LogP contribution in [0, 0.1) is 0 Å². The topological polar surface area (TPSA) is 67.4 Å². The highest BCUT2D eigenvalue weighted by molar-refractivity contribution is 5.91. The molecule has 2 unspecified atom stereocenters. The first-order valence-corrected chi connectivity index (χ1v) is 6.98. The van der Waals surface area contributed by atoms with E-state index < -0.39 is 35.7 Å². The van der Waals surface area contributed by atoms with Crippen LogP contribution < -0.4 is 10.6 Å². The van der Waals surface area contributed by atoms with E-state index in [1.807, 2.05) is 0 Å². The molecule has 1 amide bonds. The van der Waals surface area contributed by atoms with Crippen molar-refractivity contribution in [3.63, 3.8) is 0 Å². The Morgan fingerprint density at radius 1 is 1.36 bits per heavy atom. The van der Waals surface area contributed by atoms with E-state index in [0.29, 0.717) is 12.0 Å². The second kappa shape index (κ2) is 6.68. The van der Waals surface area contributed by atoms with Gasteiger partial charge in [-0.25, -0.2) is 4.79 Å². The van der Waals surface area contributed by atoms with Gasteiger partial charge in [0.05, 0.1) is 6.04 Å². The highest BCUT2D eigenvalue weighted by Crippen LogP contribution is 2.24. The zero-order chi connectivity index (χ0) is 17.1. The molecule has 0 fully saturated rings. The van der Waals surface area contributed by atoms with Crippen LogP contribution in [0.25, 0.3) is 0 Å². The summed E-state index contributed by atoms with van der Waals surface area (Å²) in [5.41, 5.74) is -0.224. The number of alkyl carbamates (subject to hydrolysis) is 1. The van der Waals surface area contributed by atoms with Crippen molar-refractivity contribution in [1.82, 2.24) is 10.6 Å². The van der Waals surface area contributed by atoms with Gasteiger partial charge in [0.25, 0.3) is 5.78 Å². The van der Waals surface area contributed by atoms with Gasteiger partial charge in [0.2, 0.25) is 0 Å². The number of carbonyl (C=O) groups is 2. The van der Waals surface area contributed by atoms with Gasteiger partial charge in [-0.1, -0.05) is 13.0 Å². The first-order chi connectivity index (χ1) is 9.95. The summed E-state index contributed by atoms with van der Waals surface area (Å²) in [5, 5.41) is 4.86. The number of ether oxygens (including phenoxy) is 1. The van der Waals surface area contributed by atoms with E-state index in [1.165, 1.54) is 0 Å². The maximum Gasteiger partial charge on any atom is 0.451 e. The van der Waals surface area contributed by atoms with Gasteiger partial charge in [-0.2, -0.15) is 13.2 Å². The van der Waals surface area contributed by atoms with Crippen LogP contribution >= 0.6 is 0 Å². The molecule has 1 aliphatic rings. The van der Waals surface area contributed by atoms with Gasteiger partial charge < -0.3 is 15.4 Å². The Bertz CT molecular complexity index is 467. The average molecular weight is 322 g/mol. The molecule has 0 aromatic heterocycles. The van der Waals surface area contributed by atoms with Crippen molar-refractivity contribution < 1.29 is 27.5 Å². The van der Waals surface area contributed by atoms with E-state index in [2.05, 4.69) is 10.6 Å². The third kappa shape index (κ3) is 5.01. The lowest BCUT2D eigenvalue weighted by molar-refractivity contribution is -0.173. The van der Waals surface area contributed by atoms with Crippen LogP contribution in [-0.2, 0) is 9.53 Å². The minimum absolute atomic E-state index is 0.141. The molecule has 0 aromatic carbocycles. The summed E-state index contributed by atoms with van der Waals surface area (Å²) >= 11 is 0. The zero-order valence-electron chi connectivity index (χ0n) is 13.0. The number of alkyl halides is 3. The Labute approximate surface area is 127 Å². The van der Waals surface area contributed by atoms with E-state index in [9.17, 15) is 22.8 Å². The quantitative estimate of drug-likeness (QED) is 0.783. The molecule has 22 heavy (non-hydrogen) atoms. The Kier molecular flexibility index (Phi) is 5.61. The summed E-state index contributed by atoms with van der Waals surface area (Å²) in [7, 11) is 0. The van der Waals surface area contributed by atoms with Gasteiger partial charge in [0.15, 0.2) is 0 Å². The summed E-state index contributed by atoms with van der Waals surface area (Å²) in [6.07, 6.45) is -3.74. The van der Waals surface area contributed by atoms with Gasteiger partial charge >= 0.3 is 12.3 Å². The third-order valence-electron chi connectivity index (χ3n) is 3.08. The largest absolute Gasteiger partial charge is 0.451 e. The van der Waals surface area contributed by atoms with Crippen LogP contribution in [-0.4, -0.2) is 42.3 Å². The van der Waals surface area contributed by atoms with E-state index in [1.54, 1.807) is 33.8 Å². The molecule has 126 valence electrons. The Balaban J connectivity index is 2.96. The second-order valence-electron chi connectivity index (χ2n) is 6.00. The molecule has 8 heteroatoms. The number of halogens is 3. The van der Waals surface area contributed by atoms with Crippen molar-refractivity contribution in [3.8, 4) is 0 Å². The molecule has 2 N–H and O–H groups in total. The molecule has 1 aliphatic heterocycles. The molecule has 0 aliphatic carbocycles. The smallest absolute Gasteiger partial charge is 0.444 e. The summed E-state index contributed by atoms with van der Waals surface area (Å²) in [6.45, 7) is 6.81.